The number of methoxy groups -OCH3 is 1. The number of ether oxygens (including phenoxy) is 2. The van der Waals surface area contributed by atoms with Crippen molar-refractivity contribution in [2.24, 2.45) is 16.7 Å². The Hall–Kier alpha value is -3.69. The van der Waals surface area contributed by atoms with E-state index in [1.54, 1.807) is 43.5 Å². The zero-order chi connectivity index (χ0) is 30.4. The van der Waals surface area contributed by atoms with Gasteiger partial charge in [-0.15, -0.1) is 0 Å². The Labute approximate surface area is 253 Å². The van der Waals surface area contributed by atoms with E-state index in [0.717, 1.165) is 22.7 Å². The van der Waals surface area contributed by atoms with Crippen molar-refractivity contribution >= 4 is 21.8 Å². The molecule has 0 aromatic heterocycles. The largest absolute Gasteiger partial charge is 0.497 e. The molecule has 2 bridgehead atoms. The summed E-state index contributed by atoms with van der Waals surface area (Å²) < 4.78 is 40.6. The van der Waals surface area contributed by atoms with Crippen LogP contribution in [0.15, 0.2) is 84.9 Å². The summed E-state index contributed by atoms with van der Waals surface area (Å²) in [6.07, 6.45) is 1.10. The molecule has 0 radical (unpaired) electrons. The van der Waals surface area contributed by atoms with Crippen molar-refractivity contribution in [3.05, 3.63) is 102 Å². The Balaban J connectivity index is 1.39. The summed E-state index contributed by atoms with van der Waals surface area (Å²) in [5.74, 6) is -0.0361. The van der Waals surface area contributed by atoms with Crippen LogP contribution in [0.4, 0.5) is 0 Å². The first-order chi connectivity index (χ1) is 20.6. The predicted molar refractivity (Wildman–Crippen MR) is 163 cm³/mol. The van der Waals surface area contributed by atoms with Crippen molar-refractivity contribution in [1.29, 1.82) is 0 Å². The SMILES string of the molecule is COc1ccc(CO[C@@H](C(=O)N2[C@H]3C[C@@H]4CC[C@@]3(CS2(=O)=O)C4(C)C)[C@@H](NC(=O)c2ccccc2)c2ccccc2)cc1. The van der Waals surface area contributed by atoms with Gasteiger partial charge in [-0.2, -0.15) is 0 Å². The van der Waals surface area contributed by atoms with Crippen molar-refractivity contribution < 1.29 is 27.5 Å². The minimum absolute atomic E-state index is 0.0305. The lowest BCUT2D eigenvalue weighted by molar-refractivity contribution is -0.144. The lowest BCUT2D eigenvalue weighted by Gasteiger charge is -2.38. The number of fused-ring (bicyclic) bond motifs is 1. The van der Waals surface area contributed by atoms with E-state index in [9.17, 15) is 18.0 Å². The van der Waals surface area contributed by atoms with Gasteiger partial charge in [0, 0.05) is 11.0 Å². The highest BCUT2D eigenvalue weighted by Crippen LogP contribution is 2.70. The minimum Gasteiger partial charge on any atom is -0.497 e. The molecule has 5 atom stereocenters. The molecule has 3 aromatic carbocycles. The van der Waals surface area contributed by atoms with E-state index in [-0.39, 0.29) is 23.7 Å². The van der Waals surface area contributed by atoms with E-state index < -0.39 is 39.5 Å². The standard InChI is InChI=1S/C34H38N2O6S/c1-33(2)26-18-19-34(33)22-43(39,40)36(28(34)20-26)32(38)30(42-21-23-14-16-27(41-3)17-15-23)29(24-10-6-4-7-11-24)35-31(37)25-12-8-5-9-13-25/h4-17,26,28-30H,18-22H2,1-3H3,(H,35,37)/t26-,28-,29-,30+,34-/m0/s1. The lowest BCUT2D eigenvalue weighted by atomic mass is 9.69. The van der Waals surface area contributed by atoms with Crippen molar-refractivity contribution in [1.82, 2.24) is 9.62 Å². The second kappa shape index (κ2) is 11.1. The Morgan fingerprint density at radius 3 is 2.26 bits per heavy atom. The highest BCUT2D eigenvalue weighted by Gasteiger charge is 2.72. The van der Waals surface area contributed by atoms with Gasteiger partial charge in [-0.05, 0) is 66.0 Å². The molecule has 3 fully saturated rings. The molecule has 2 saturated carbocycles. The van der Waals surface area contributed by atoms with Gasteiger partial charge in [0.1, 0.15) is 5.75 Å². The summed E-state index contributed by atoms with van der Waals surface area (Å²) in [5, 5.41) is 3.02. The van der Waals surface area contributed by atoms with Gasteiger partial charge >= 0.3 is 0 Å². The molecule has 1 N–H and O–H groups in total. The molecule has 3 aromatic rings. The molecule has 6 rings (SSSR count). The summed E-state index contributed by atoms with van der Waals surface area (Å²) in [6.45, 7) is 4.33. The lowest BCUT2D eigenvalue weighted by Crippen LogP contribution is -2.52. The second-order valence-corrected chi connectivity index (χ2v) is 14.4. The van der Waals surface area contributed by atoms with Gasteiger partial charge in [0.25, 0.3) is 11.8 Å². The van der Waals surface area contributed by atoms with Crippen molar-refractivity contribution in [3.63, 3.8) is 0 Å². The molecule has 2 amide bonds. The first-order valence-electron chi connectivity index (χ1n) is 14.8. The average molecular weight is 603 g/mol. The Bertz CT molecular complexity index is 1590. The number of benzene rings is 3. The van der Waals surface area contributed by atoms with Crippen molar-refractivity contribution in [2.75, 3.05) is 12.9 Å². The monoisotopic (exact) mass is 602 g/mol. The van der Waals surface area contributed by atoms with Gasteiger partial charge in [0.05, 0.1) is 31.6 Å². The van der Waals surface area contributed by atoms with E-state index >= 15 is 0 Å². The number of carbonyl (C=O) groups excluding carboxylic acids is 2. The summed E-state index contributed by atoms with van der Waals surface area (Å²) in [7, 11) is -2.34. The zero-order valence-electron chi connectivity index (χ0n) is 24.7. The van der Waals surface area contributed by atoms with Gasteiger partial charge in [-0.3, -0.25) is 9.59 Å². The molecule has 0 unspecified atom stereocenters. The summed E-state index contributed by atoms with van der Waals surface area (Å²) >= 11 is 0. The normalized spacial score (nSPS) is 26.0. The highest BCUT2D eigenvalue weighted by molar-refractivity contribution is 7.90. The van der Waals surface area contributed by atoms with Crippen molar-refractivity contribution in [3.8, 4) is 5.75 Å². The summed E-state index contributed by atoms with van der Waals surface area (Å²) in [6, 6.07) is 23.8. The zero-order valence-corrected chi connectivity index (χ0v) is 25.5. The van der Waals surface area contributed by atoms with E-state index in [2.05, 4.69) is 19.2 Å². The molecule has 3 aliphatic rings. The average Bonchev–Trinajstić information content (AvgIpc) is 3.50. The van der Waals surface area contributed by atoms with Crippen LogP contribution in [0.25, 0.3) is 0 Å². The molecule has 9 heteroatoms. The third-order valence-corrected chi connectivity index (χ3v) is 12.2. The maximum Gasteiger partial charge on any atom is 0.267 e. The third-order valence-electron chi connectivity index (χ3n) is 10.2. The number of hydrogen-bond acceptors (Lipinski definition) is 6. The van der Waals surface area contributed by atoms with Gasteiger partial charge in [0.2, 0.25) is 10.0 Å². The molecule has 2 aliphatic carbocycles. The number of nitrogens with zero attached hydrogens (tertiary/aromatic N) is 1. The van der Waals surface area contributed by atoms with E-state index in [1.807, 2.05) is 48.5 Å². The number of carbonyl (C=O) groups is 2. The van der Waals surface area contributed by atoms with Crippen LogP contribution in [0.3, 0.4) is 0 Å². The van der Waals surface area contributed by atoms with E-state index in [0.29, 0.717) is 29.2 Å². The highest BCUT2D eigenvalue weighted by atomic mass is 32.2. The molecule has 43 heavy (non-hydrogen) atoms. The molecule has 8 nitrogen and oxygen atoms in total. The topological polar surface area (TPSA) is 102 Å². The molecule has 1 aliphatic heterocycles. The molecule has 1 heterocycles. The van der Waals surface area contributed by atoms with Gasteiger partial charge in [-0.25, -0.2) is 12.7 Å². The quantitative estimate of drug-likeness (QED) is 0.365. The minimum atomic E-state index is -3.92. The summed E-state index contributed by atoms with van der Waals surface area (Å²) in [5.41, 5.74) is 1.16. The van der Waals surface area contributed by atoms with Gasteiger partial charge in [-0.1, -0.05) is 74.5 Å². The number of sulfonamides is 1. The van der Waals surface area contributed by atoms with Gasteiger partial charge in [0.15, 0.2) is 6.10 Å². The number of hydrogen-bond donors (Lipinski definition) is 1. The summed E-state index contributed by atoms with van der Waals surface area (Å²) in [4.78, 5) is 28.2. The Kier molecular flexibility index (Phi) is 7.59. The van der Waals surface area contributed by atoms with Gasteiger partial charge < -0.3 is 14.8 Å². The van der Waals surface area contributed by atoms with Crippen molar-refractivity contribution in [2.45, 2.75) is 57.9 Å². The van der Waals surface area contributed by atoms with Crippen LogP contribution in [-0.2, 0) is 26.2 Å². The third kappa shape index (κ3) is 5.02. The van der Waals surface area contributed by atoms with E-state index in [4.69, 9.17) is 9.47 Å². The maximum atomic E-state index is 14.7. The maximum absolute atomic E-state index is 14.7. The van der Waals surface area contributed by atoms with Crippen LogP contribution in [0.1, 0.15) is 60.6 Å². The first kappa shape index (κ1) is 29.4. The Morgan fingerprint density at radius 1 is 0.977 bits per heavy atom. The molecular weight excluding hydrogens is 564 g/mol. The van der Waals surface area contributed by atoms with Crippen LogP contribution in [-0.4, -0.2) is 49.5 Å². The number of rotatable bonds is 9. The fourth-order valence-electron chi connectivity index (χ4n) is 7.73. The first-order valence-corrected chi connectivity index (χ1v) is 16.4. The molecule has 226 valence electrons. The second-order valence-electron chi connectivity index (χ2n) is 12.6. The van der Waals surface area contributed by atoms with Crippen LogP contribution in [0.2, 0.25) is 0 Å². The smallest absolute Gasteiger partial charge is 0.267 e. The predicted octanol–water partition coefficient (Wildman–Crippen LogP) is 5.12. The Morgan fingerprint density at radius 2 is 1.63 bits per heavy atom. The van der Waals surface area contributed by atoms with E-state index in [1.165, 1.54) is 0 Å². The van der Waals surface area contributed by atoms with Crippen LogP contribution >= 0.6 is 0 Å². The van der Waals surface area contributed by atoms with Crippen LogP contribution in [0, 0.1) is 16.7 Å². The fraction of sp³-hybridized carbons (Fsp3) is 0.412. The fourth-order valence-corrected chi connectivity index (χ4v) is 10.3. The number of nitrogens with one attached hydrogen (secondary N) is 1. The van der Waals surface area contributed by atoms with Crippen LogP contribution < -0.4 is 10.1 Å². The molecular formula is C34H38N2O6S. The number of amides is 2. The molecule has 1 saturated heterocycles. The van der Waals surface area contributed by atoms with Crippen LogP contribution in [0.5, 0.6) is 5.75 Å². The molecule has 1 spiro atoms.